The van der Waals surface area contributed by atoms with Gasteiger partial charge in [0.05, 0.1) is 17.2 Å². The summed E-state index contributed by atoms with van der Waals surface area (Å²) in [5.74, 6) is -2.49. The Hall–Kier alpha value is -2.11. The van der Waals surface area contributed by atoms with Gasteiger partial charge in [-0.2, -0.15) is 0 Å². The number of halogens is 1. The molecular formula is C22H25IN2O6. The van der Waals surface area contributed by atoms with Crippen molar-refractivity contribution in [1.82, 2.24) is 4.90 Å². The van der Waals surface area contributed by atoms with Crippen molar-refractivity contribution in [2.75, 3.05) is 21.2 Å². The second-order valence-corrected chi connectivity index (χ2v) is 9.82. The molecule has 1 saturated carbocycles. The monoisotopic (exact) mass is 540 g/mol. The van der Waals surface area contributed by atoms with Crippen LogP contribution < -0.4 is 5.73 Å². The first-order valence-electron chi connectivity index (χ1n) is 9.97. The van der Waals surface area contributed by atoms with Crippen molar-refractivity contribution in [2.24, 2.45) is 17.6 Å². The number of phenolic OH excluding ortho intramolecular Hbond substituents is 1. The van der Waals surface area contributed by atoms with Gasteiger partial charge in [0.1, 0.15) is 22.9 Å². The Morgan fingerprint density at radius 1 is 1.29 bits per heavy atom. The van der Waals surface area contributed by atoms with Crippen LogP contribution in [0.15, 0.2) is 29.0 Å². The molecule has 0 bridgehead atoms. The van der Waals surface area contributed by atoms with Crippen molar-refractivity contribution in [1.29, 1.82) is 0 Å². The van der Waals surface area contributed by atoms with Crippen LogP contribution >= 0.6 is 22.6 Å². The summed E-state index contributed by atoms with van der Waals surface area (Å²) in [6.45, 7) is 0. The fourth-order valence-electron chi connectivity index (χ4n) is 5.59. The number of benzene rings is 1. The fraction of sp³-hybridized carbons (Fsp3) is 0.455. The number of amides is 1. The molecule has 0 aromatic heterocycles. The summed E-state index contributed by atoms with van der Waals surface area (Å²) in [7, 11) is 4.92. The van der Waals surface area contributed by atoms with Crippen molar-refractivity contribution in [2.45, 2.75) is 30.9 Å². The van der Waals surface area contributed by atoms with Crippen molar-refractivity contribution >= 4 is 40.0 Å². The zero-order valence-electron chi connectivity index (χ0n) is 17.5. The van der Waals surface area contributed by atoms with Crippen molar-refractivity contribution in [3.05, 3.63) is 43.7 Å². The average Bonchev–Trinajstić information content (AvgIpc) is 2.70. The molecule has 0 heterocycles. The minimum absolute atomic E-state index is 0.0442. The highest BCUT2D eigenvalue weighted by Crippen LogP contribution is 2.54. The molecule has 4 rings (SSSR count). The van der Waals surface area contributed by atoms with Crippen molar-refractivity contribution < 1.29 is 29.6 Å². The lowest BCUT2D eigenvalue weighted by atomic mass is 9.57. The molecule has 3 aliphatic carbocycles. The van der Waals surface area contributed by atoms with Gasteiger partial charge in [0, 0.05) is 28.6 Å². The number of primary amides is 1. The van der Waals surface area contributed by atoms with Crippen LogP contribution in [0, 0.1) is 15.4 Å². The lowest BCUT2D eigenvalue weighted by Crippen LogP contribution is -2.63. The number of ether oxygens (including phenoxy) is 1. The highest BCUT2D eigenvalue weighted by Gasteiger charge is 2.61. The summed E-state index contributed by atoms with van der Waals surface area (Å²) >= 11 is 2.15. The number of methoxy groups -OCH3 is 1. The van der Waals surface area contributed by atoms with Gasteiger partial charge < -0.3 is 25.8 Å². The van der Waals surface area contributed by atoms with Gasteiger partial charge in [0.2, 0.25) is 5.91 Å². The molecule has 31 heavy (non-hydrogen) atoms. The first-order chi connectivity index (χ1) is 14.5. The van der Waals surface area contributed by atoms with E-state index in [0.717, 1.165) is 9.13 Å². The predicted molar refractivity (Wildman–Crippen MR) is 121 cm³/mol. The number of Topliss-reactive ketones (excluding diaryl/α,β-unsaturated/α-hetero) is 1. The maximum absolute atomic E-state index is 13.9. The van der Waals surface area contributed by atoms with E-state index >= 15 is 0 Å². The molecule has 1 fully saturated rings. The largest absolute Gasteiger partial charge is 0.510 e. The third-order valence-electron chi connectivity index (χ3n) is 6.98. The lowest BCUT2D eigenvalue weighted by Gasteiger charge is -2.53. The minimum atomic E-state index is -1.46. The highest BCUT2D eigenvalue weighted by atomic mass is 127. The number of hydrogen-bond donors (Lipinski definition) is 4. The number of nitrogens with two attached hydrogens (primary N) is 1. The van der Waals surface area contributed by atoms with Crippen LogP contribution in [0.25, 0.3) is 5.76 Å². The summed E-state index contributed by atoms with van der Waals surface area (Å²) < 4.78 is 6.69. The van der Waals surface area contributed by atoms with Gasteiger partial charge >= 0.3 is 0 Å². The summed E-state index contributed by atoms with van der Waals surface area (Å²) in [5.41, 5.74) is 5.28. The number of hydrogen-bond acceptors (Lipinski definition) is 7. The Morgan fingerprint density at radius 3 is 2.55 bits per heavy atom. The van der Waals surface area contributed by atoms with E-state index in [1.165, 1.54) is 13.2 Å². The van der Waals surface area contributed by atoms with E-state index in [1.54, 1.807) is 25.1 Å². The molecule has 0 spiro atoms. The molecule has 4 atom stereocenters. The zero-order chi connectivity index (χ0) is 22.8. The number of fused-ring (bicyclic) bond motifs is 3. The predicted octanol–water partition coefficient (Wildman–Crippen LogP) is 2.04. The molecule has 1 aromatic rings. The molecule has 3 aliphatic rings. The minimum Gasteiger partial charge on any atom is -0.510 e. The van der Waals surface area contributed by atoms with E-state index in [4.69, 9.17) is 10.5 Å². The number of rotatable bonds is 3. The van der Waals surface area contributed by atoms with Gasteiger partial charge in [-0.1, -0.05) is 0 Å². The molecule has 9 heteroatoms. The highest BCUT2D eigenvalue weighted by molar-refractivity contribution is 14.1. The second-order valence-electron chi connectivity index (χ2n) is 8.66. The van der Waals surface area contributed by atoms with Gasteiger partial charge in [-0.05, 0) is 73.1 Å². The molecule has 0 aliphatic heterocycles. The van der Waals surface area contributed by atoms with Crippen LogP contribution in [0.2, 0.25) is 0 Å². The van der Waals surface area contributed by atoms with Crippen LogP contribution in [0.4, 0.5) is 0 Å². The molecule has 1 aromatic carbocycles. The standard InChI is InChI=1S/C22H25IN2O6/c1-25(2)17-12-7-9-6-10-13(23)4-5-14(26)16(10)19(28)15(9)20(29)22(12,31-3)8-11(18(17)27)21(24)30/h4-5,9,12,17,26-28H,6-8H2,1-3H3,(H2,24,30)/t9-,12-,17-,22-/m0/s1. The number of phenols is 1. The van der Waals surface area contributed by atoms with Crippen molar-refractivity contribution in [3.8, 4) is 5.75 Å². The van der Waals surface area contributed by atoms with Gasteiger partial charge in [0.25, 0.3) is 0 Å². The number of aliphatic hydroxyl groups excluding tert-OH is 2. The Bertz CT molecular complexity index is 1060. The first-order valence-corrected chi connectivity index (χ1v) is 11.0. The van der Waals surface area contributed by atoms with Crippen LogP contribution in [0.5, 0.6) is 5.75 Å². The van der Waals surface area contributed by atoms with Gasteiger partial charge in [-0.3, -0.25) is 14.5 Å². The number of nitrogens with zero attached hydrogens (tertiary/aromatic N) is 1. The molecule has 8 nitrogen and oxygen atoms in total. The number of carbonyl (C=O) groups excluding carboxylic acids is 2. The summed E-state index contributed by atoms with van der Waals surface area (Å²) in [4.78, 5) is 27.7. The molecule has 0 radical (unpaired) electrons. The topological polar surface area (TPSA) is 133 Å². The molecular weight excluding hydrogens is 515 g/mol. The van der Waals surface area contributed by atoms with E-state index in [-0.39, 0.29) is 46.3 Å². The Morgan fingerprint density at radius 2 is 1.97 bits per heavy atom. The average molecular weight is 540 g/mol. The SMILES string of the molecule is CO[C@@]12CC(C(N)=O)=C(O)[C@@H](N(C)C)[C@@H]1C[C@@H]1Cc3c(I)ccc(O)c3C(O)=C1C2=O. The van der Waals surface area contributed by atoms with Crippen molar-refractivity contribution in [3.63, 3.8) is 0 Å². The maximum Gasteiger partial charge on any atom is 0.248 e. The number of ketones is 1. The lowest BCUT2D eigenvalue weighted by molar-refractivity contribution is -0.157. The van der Waals surface area contributed by atoms with Crippen LogP contribution in [-0.2, 0) is 20.7 Å². The Kier molecular flexibility index (Phi) is 5.34. The van der Waals surface area contributed by atoms with E-state index < -0.39 is 29.3 Å². The van der Waals surface area contributed by atoms with E-state index in [2.05, 4.69) is 22.6 Å². The number of aromatic hydroxyl groups is 1. The van der Waals surface area contributed by atoms with Gasteiger partial charge in [-0.25, -0.2) is 0 Å². The fourth-order valence-corrected chi connectivity index (χ4v) is 6.26. The maximum atomic E-state index is 13.9. The van der Waals surface area contributed by atoms with E-state index in [0.29, 0.717) is 12.8 Å². The summed E-state index contributed by atoms with van der Waals surface area (Å²) in [5, 5.41) is 32.4. The second kappa shape index (κ2) is 7.49. The van der Waals surface area contributed by atoms with E-state index in [9.17, 15) is 24.9 Å². The molecule has 0 saturated heterocycles. The first kappa shape index (κ1) is 22.1. The zero-order valence-corrected chi connectivity index (χ0v) is 19.6. The number of likely N-dealkylation sites (N-methyl/N-ethyl adjacent to an activating group) is 1. The Balaban J connectivity index is 1.95. The molecule has 1 amide bonds. The number of carbonyl (C=O) groups is 2. The smallest absolute Gasteiger partial charge is 0.248 e. The van der Waals surface area contributed by atoms with Gasteiger partial charge in [0.15, 0.2) is 5.78 Å². The van der Waals surface area contributed by atoms with Gasteiger partial charge in [-0.15, -0.1) is 0 Å². The normalized spacial score (nSPS) is 30.2. The number of aliphatic hydroxyl groups is 2. The third kappa shape index (κ3) is 3.00. The Labute approximate surface area is 193 Å². The summed E-state index contributed by atoms with van der Waals surface area (Å²) in [6, 6.07) is 2.62. The third-order valence-corrected chi connectivity index (χ3v) is 7.99. The van der Waals surface area contributed by atoms with E-state index in [1.807, 2.05) is 0 Å². The molecule has 5 N–H and O–H groups in total. The van der Waals surface area contributed by atoms with Crippen LogP contribution in [0.1, 0.15) is 24.0 Å². The van der Waals surface area contributed by atoms with Crippen LogP contribution in [-0.4, -0.2) is 64.8 Å². The van der Waals surface area contributed by atoms with Crippen LogP contribution in [0.3, 0.4) is 0 Å². The quantitative estimate of drug-likeness (QED) is 0.432. The molecule has 0 unspecified atom stereocenters. The molecule has 166 valence electrons. The summed E-state index contributed by atoms with van der Waals surface area (Å²) in [6.07, 6.45) is 0.743.